The first-order valence-corrected chi connectivity index (χ1v) is 10.4. The SMILES string of the molecule is CCOc1cc(CNCCN2CCOCC2)cc(Cl)c1OCc1ccc(F)cc1.Cl.Cl. The maximum absolute atomic E-state index is 13.1. The highest BCUT2D eigenvalue weighted by molar-refractivity contribution is 6.32. The van der Waals surface area contributed by atoms with Crippen LogP contribution in [0.2, 0.25) is 5.02 Å². The lowest BCUT2D eigenvalue weighted by molar-refractivity contribution is 0.0384. The molecule has 1 heterocycles. The molecular formula is C22H30Cl3FN2O3. The minimum atomic E-state index is -0.271. The minimum Gasteiger partial charge on any atom is -0.490 e. The molecule has 0 radical (unpaired) electrons. The van der Waals surface area contributed by atoms with Gasteiger partial charge in [0.2, 0.25) is 0 Å². The average Bonchev–Trinajstić information content (AvgIpc) is 2.73. The van der Waals surface area contributed by atoms with Gasteiger partial charge in [0.25, 0.3) is 0 Å². The third kappa shape index (κ3) is 9.00. The molecule has 9 heteroatoms. The predicted octanol–water partition coefficient (Wildman–Crippen LogP) is 4.72. The number of rotatable bonds is 10. The molecule has 0 spiro atoms. The Balaban J connectivity index is 0.00000240. The van der Waals surface area contributed by atoms with Gasteiger partial charge < -0.3 is 19.5 Å². The Morgan fingerprint density at radius 3 is 2.45 bits per heavy atom. The molecular weight excluding hydrogens is 466 g/mol. The van der Waals surface area contributed by atoms with Gasteiger partial charge in [-0.25, -0.2) is 4.39 Å². The fourth-order valence-electron chi connectivity index (χ4n) is 3.16. The summed E-state index contributed by atoms with van der Waals surface area (Å²) in [5.74, 6) is 0.856. The molecule has 31 heavy (non-hydrogen) atoms. The molecule has 0 unspecified atom stereocenters. The van der Waals surface area contributed by atoms with E-state index in [4.69, 9.17) is 25.8 Å². The van der Waals surface area contributed by atoms with Crippen LogP contribution in [0.5, 0.6) is 11.5 Å². The van der Waals surface area contributed by atoms with E-state index >= 15 is 0 Å². The molecule has 1 aliphatic rings. The number of benzene rings is 2. The first kappa shape index (κ1) is 27.8. The third-order valence-corrected chi connectivity index (χ3v) is 4.98. The Kier molecular flexibility index (Phi) is 13.2. The standard InChI is InChI=1S/C22H28ClFN2O3.2ClH/c1-2-28-21-14-18(15-25-7-8-26-9-11-27-12-10-26)13-20(23)22(21)29-16-17-3-5-19(24)6-4-17;;/h3-6,13-14,25H,2,7-12,15-16H2,1H3;2*1H. The van der Waals surface area contributed by atoms with E-state index in [1.54, 1.807) is 12.1 Å². The summed E-state index contributed by atoms with van der Waals surface area (Å²) in [6.45, 7) is 8.91. The van der Waals surface area contributed by atoms with Crippen molar-refractivity contribution in [1.82, 2.24) is 10.2 Å². The van der Waals surface area contributed by atoms with Gasteiger partial charge >= 0.3 is 0 Å². The number of morpholine rings is 1. The van der Waals surface area contributed by atoms with E-state index in [1.165, 1.54) is 12.1 Å². The van der Waals surface area contributed by atoms with E-state index in [2.05, 4.69) is 10.2 Å². The molecule has 0 aromatic heterocycles. The van der Waals surface area contributed by atoms with Crippen molar-refractivity contribution in [1.29, 1.82) is 0 Å². The van der Waals surface area contributed by atoms with Crippen molar-refractivity contribution in [3.63, 3.8) is 0 Å². The maximum Gasteiger partial charge on any atom is 0.180 e. The van der Waals surface area contributed by atoms with Gasteiger partial charge in [-0.15, -0.1) is 24.8 Å². The highest BCUT2D eigenvalue weighted by Crippen LogP contribution is 2.37. The van der Waals surface area contributed by atoms with Crippen LogP contribution in [0.3, 0.4) is 0 Å². The van der Waals surface area contributed by atoms with Crippen LogP contribution in [-0.2, 0) is 17.9 Å². The molecule has 1 fully saturated rings. The summed E-state index contributed by atoms with van der Waals surface area (Å²) in [5.41, 5.74) is 1.90. The molecule has 3 rings (SSSR count). The summed E-state index contributed by atoms with van der Waals surface area (Å²) in [4.78, 5) is 2.39. The highest BCUT2D eigenvalue weighted by Gasteiger charge is 2.14. The molecule has 0 atom stereocenters. The molecule has 1 N–H and O–H groups in total. The van der Waals surface area contributed by atoms with Crippen LogP contribution in [-0.4, -0.2) is 50.9 Å². The van der Waals surface area contributed by atoms with E-state index in [1.807, 2.05) is 19.1 Å². The summed E-state index contributed by atoms with van der Waals surface area (Å²) in [6, 6.07) is 10.1. The second-order valence-corrected chi connectivity index (χ2v) is 7.29. The Hall–Kier alpha value is -1.28. The van der Waals surface area contributed by atoms with Gasteiger partial charge in [-0.2, -0.15) is 0 Å². The minimum absolute atomic E-state index is 0. The second-order valence-electron chi connectivity index (χ2n) is 6.88. The van der Waals surface area contributed by atoms with Crippen molar-refractivity contribution in [3.05, 3.63) is 58.4 Å². The molecule has 1 aliphatic heterocycles. The molecule has 0 aliphatic carbocycles. The molecule has 2 aromatic rings. The van der Waals surface area contributed by atoms with Gasteiger partial charge in [-0.05, 0) is 42.3 Å². The predicted molar refractivity (Wildman–Crippen MR) is 127 cm³/mol. The van der Waals surface area contributed by atoms with Crippen LogP contribution in [0.15, 0.2) is 36.4 Å². The van der Waals surface area contributed by atoms with Crippen molar-refractivity contribution in [2.75, 3.05) is 46.0 Å². The molecule has 0 saturated carbocycles. The van der Waals surface area contributed by atoms with Gasteiger partial charge in [0.15, 0.2) is 11.5 Å². The Morgan fingerprint density at radius 2 is 1.77 bits per heavy atom. The van der Waals surface area contributed by atoms with Crippen molar-refractivity contribution >= 4 is 36.4 Å². The molecule has 174 valence electrons. The van der Waals surface area contributed by atoms with Gasteiger partial charge in [0.05, 0.1) is 24.8 Å². The molecule has 2 aromatic carbocycles. The Bertz CT molecular complexity index is 775. The Morgan fingerprint density at radius 1 is 1.06 bits per heavy atom. The number of nitrogens with one attached hydrogen (secondary N) is 1. The largest absolute Gasteiger partial charge is 0.490 e. The normalized spacial score (nSPS) is 13.8. The van der Waals surface area contributed by atoms with Crippen molar-refractivity contribution in [2.24, 2.45) is 0 Å². The van der Waals surface area contributed by atoms with Crippen molar-refractivity contribution in [3.8, 4) is 11.5 Å². The lowest BCUT2D eigenvalue weighted by Crippen LogP contribution is -2.40. The van der Waals surface area contributed by atoms with Crippen LogP contribution in [0.1, 0.15) is 18.1 Å². The second kappa shape index (κ2) is 14.7. The summed E-state index contributed by atoms with van der Waals surface area (Å²) in [6.07, 6.45) is 0. The summed E-state index contributed by atoms with van der Waals surface area (Å²) < 4.78 is 30.1. The van der Waals surface area contributed by atoms with Crippen molar-refractivity contribution < 1.29 is 18.6 Å². The van der Waals surface area contributed by atoms with Gasteiger partial charge in [-0.1, -0.05) is 23.7 Å². The maximum atomic E-state index is 13.1. The highest BCUT2D eigenvalue weighted by atomic mass is 35.5. The van der Waals surface area contributed by atoms with Gasteiger partial charge in [0, 0.05) is 32.7 Å². The fraction of sp³-hybridized carbons (Fsp3) is 0.455. The zero-order chi connectivity index (χ0) is 20.5. The van der Waals surface area contributed by atoms with Gasteiger partial charge in [0.1, 0.15) is 12.4 Å². The molecule has 1 saturated heterocycles. The van der Waals surface area contributed by atoms with Crippen LogP contribution in [0.25, 0.3) is 0 Å². The van der Waals surface area contributed by atoms with E-state index in [9.17, 15) is 4.39 Å². The third-order valence-electron chi connectivity index (χ3n) is 4.70. The summed E-state index contributed by atoms with van der Waals surface area (Å²) in [5, 5.41) is 3.96. The topological polar surface area (TPSA) is 43.0 Å². The zero-order valence-electron chi connectivity index (χ0n) is 17.6. The zero-order valence-corrected chi connectivity index (χ0v) is 20.0. The Labute approximate surface area is 201 Å². The number of halogens is 4. The number of hydrogen-bond acceptors (Lipinski definition) is 5. The van der Waals surface area contributed by atoms with Crippen LogP contribution in [0.4, 0.5) is 4.39 Å². The van der Waals surface area contributed by atoms with E-state index in [0.29, 0.717) is 29.7 Å². The van der Waals surface area contributed by atoms with Crippen LogP contribution in [0, 0.1) is 5.82 Å². The first-order chi connectivity index (χ1) is 14.2. The van der Waals surface area contributed by atoms with Crippen LogP contribution < -0.4 is 14.8 Å². The monoisotopic (exact) mass is 494 g/mol. The smallest absolute Gasteiger partial charge is 0.180 e. The number of hydrogen-bond donors (Lipinski definition) is 1. The summed E-state index contributed by atoms with van der Waals surface area (Å²) >= 11 is 6.48. The first-order valence-electron chi connectivity index (χ1n) is 9.99. The number of nitrogens with zero attached hydrogens (tertiary/aromatic N) is 1. The van der Waals surface area contributed by atoms with E-state index < -0.39 is 0 Å². The molecule has 0 amide bonds. The van der Waals surface area contributed by atoms with E-state index in [0.717, 1.165) is 50.5 Å². The quantitative estimate of drug-likeness (QED) is 0.483. The number of ether oxygens (including phenoxy) is 3. The summed E-state index contributed by atoms with van der Waals surface area (Å²) in [7, 11) is 0. The van der Waals surface area contributed by atoms with Gasteiger partial charge in [-0.3, -0.25) is 4.90 Å². The van der Waals surface area contributed by atoms with E-state index in [-0.39, 0.29) is 37.2 Å². The van der Waals surface area contributed by atoms with Crippen LogP contribution >= 0.6 is 36.4 Å². The average molecular weight is 496 g/mol. The molecule has 5 nitrogen and oxygen atoms in total. The molecule has 0 bridgehead atoms. The fourth-order valence-corrected chi connectivity index (χ4v) is 3.45. The van der Waals surface area contributed by atoms with Crippen molar-refractivity contribution in [2.45, 2.75) is 20.1 Å². The lowest BCUT2D eigenvalue weighted by atomic mass is 10.2. The lowest BCUT2D eigenvalue weighted by Gasteiger charge is -2.26.